The van der Waals surface area contributed by atoms with Crippen molar-refractivity contribution in [3.05, 3.63) is 44.2 Å². The summed E-state index contributed by atoms with van der Waals surface area (Å²) < 4.78 is 13.9. The lowest BCUT2D eigenvalue weighted by Gasteiger charge is -2.21. The predicted octanol–water partition coefficient (Wildman–Crippen LogP) is 1.04. The lowest BCUT2D eigenvalue weighted by Crippen LogP contribution is -2.43. The molecule has 0 aliphatic rings. The van der Waals surface area contributed by atoms with Crippen molar-refractivity contribution in [1.82, 2.24) is 0 Å². The van der Waals surface area contributed by atoms with E-state index < -0.39 is 29.5 Å². The summed E-state index contributed by atoms with van der Waals surface area (Å²) in [5.74, 6) is -0.844. The quantitative estimate of drug-likeness (QED) is 0.642. The molecule has 0 amide bonds. The maximum atomic E-state index is 13.5. The molecule has 0 fully saturated rings. The lowest BCUT2D eigenvalue weighted by molar-refractivity contribution is -0.587. The predicted molar refractivity (Wildman–Crippen MR) is 56.9 cm³/mol. The molecule has 1 rings (SSSR count). The average molecular weight is 294 g/mol. The van der Waals surface area contributed by atoms with Crippen molar-refractivity contribution in [3.8, 4) is 0 Å². The summed E-state index contributed by atoms with van der Waals surface area (Å²) in [6.07, 6.45) is 0. The van der Waals surface area contributed by atoms with Crippen molar-refractivity contribution in [2.45, 2.75) is 5.54 Å². The van der Waals surface area contributed by atoms with Crippen LogP contribution >= 0.6 is 15.9 Å². The number of rotatable bonds is 4. The highest BCUT2D eigenvalue weighted by atomic mass is 79.9. The Morgan fingerprint density at radius 2 is 2.00 bits per heavy atom. The zero-order chi connectivity index (χ0) is 12.3. The van der Waals surface area contributed by atoms with Crippen LogP contribution in [0, 0.1) is 15.9 Å². The van der Waals surface area contributed by atoms with Gasteiger partial charge in [-0.05, 0) is 18.2 Å². The minimum Gasteiger partial charge on any atom is -0.388 e. The monoisotopic (exact) mass is 293 g/mol. The first-order valence-corrected chi connectivity index (χ1v) is 5.09. The van der Waals surface area contributed by atoms with Crippen LogP contribution in [-0.4, -0.2) is 28.4 Å². The van der Waals surface area contributed by atoms with Gasteiger partial charge in [0.1, 0.15) is 19.0 Å². The fourth-order valence-corrected chi connectivity index (χ4v) is 1.65. The standard InChI is InChI=1S/C9H9BrFNO4/c10-6-1-2-8(11)7(3-6)9(4-13,5-14)12(15)16/h1-3,13-14H,4-5H2. The third kappa shape index (κ3) is 2.06. The van der Waals surface area contributed by atoms with Gasteiger partial charge >= 0.3 is 0 Å². The highest BCUT2D eigenvalue weighted by Gasteiger charge is 2.46. The second-order valence-electron chi connectivity index (χ2n) is 3.23. The van der Waals surface area contributed by atoms with E-state index in [1.54, 1.807) is 0 Å². The van der Waals surface area contributed by atoms with Crippen molar-refractivity contribution in [3.63, 3.8) is 0 Å². The van der Waals surface area contributed by atoms with Gasteiger partial charge in [0.05, 0.1) is 5.56 Å². The number of hydrogen-bond donors (Lipinski definition) is 2. The molecule has 0 aliphatic carbocycles. The van der Waals surface area contributed by atoms with Gasteiger partial charge in [0, 0.05) is 9.40 Å². The highest BCUT2D eigenvalue weighted by molar-refractivity contribution is 9.10. The van der Waals surface area contributed by atoms with E-state index in [9.17, 15) is 14.5 Å². The molecule has 2 N–H and O–H groups in total. The minimum absolute atomic E-state index is 0.350. The van der Waals surface area contributed by atoms with Gasteiger partial charge in [0.25, 0.3) is 5.54 Å². The van der Waals surface area contributed by atoms with E-state index in [4.69, 9.17) is 10.2 Å². The maximum Gasteiger partial charge on any atom is 0.294 e. The smallest absolute Gasteiger partial charge is 0.294 e. The van der Waals surface area contributed by atoms with Gasteiger partial charge in [-0.25, -0.2) is 4.39 Å². The van der Waals surface area contributed by atoms with Crippen molar-refractivity contribution in [1.29, 1.82) is 0 Å². The summed E-state index contributed by atoms with van der Waals surface area (Å²) in [5.41, 5.74) is -2.56. The molecule has 88 valence electrons. The number of nitrogens with zero attached hydrogens (tertiary/aromatic N) is 1. The fraction of sp³-hybridized carbons (Fsp3) is 0.333. The third-order valence-electron chi connectivity index (χ3n) is 2.30. The van der Waals surface area contributed by atoms with E-state index in [0.29, 0.717) is 4.47 Å². The number of halogens is 2. The van der Waals surface area contributed by atoms with Crippen molar-refractivity contribution in [2.75, 3.05) is 13.2 Å². The summed E-state index contributed by atoms with van der Waals surface area (Å²) in [6.45, 7) is -1.96. The number of aliphatic hydroxyl groups is 2. The Hall–Kier alpha value is -1.05. The molecule has 0 bridgehead atoms. The second kappa shape index (κ2) is 4.86. The van der Waals surface area contributed by atoms with E-state index in [2.05, 4.69) is 15.9 Å². The summed E-state index contributed by atoms with van der Waals surface area (Å²) in [5, 5.41) is 28.9. The van der Waals surface area contributed by atoms with Crippen LogP contribution in [0.4, 0.5) is 4.39 Å². The largest absolute Gasteiger partial charge is 0.388 e. The summed E-state index contributed by atoms with van der Waals surface area (Å²) in [4.78, 5) is 9.96. The first kappa shape index (κ1) is 13.0. The molecule has 16 heavy (non-hydrogen) atoms. The molecular formula is C9H9BrFNO4. The molecule has 0 saturated carbocycles. The molecule has 0 aliphatic heterocycles. The van der Waals surface area contributed by atoms with Crippen molar-refractivity contribution in [2.24, 2.45) is 0 Å². The summed E-state index contributed by atoms with van der Waals surface area (Å²) in [7, 11) is 0. The number of hydrogen-bond acceptors (Lipinski definition) is 4. The molecule has 0 radical (unpaired) electrons. The average Bonchev–Trinajstić information content (AvgIpc) is 2.25. The molecule has 0 spiro atoms. The van der Waals surface area contributed by atoms with E-state index in [1.807, 2.05) is 0 Å². The Bertz CT molecular complexity index is 408. The first-order valence-electron chi connectivity index (χ1n) is 4.29. The van der Waals surface area contributed by atoms with Gasteiger partial charge in [-0.15, -0.1) is 0 Å². The third-order valence-corrected chi connectivity index (χ3v) is 2.80. The van der Waals surface area contributed by atoms with Gasteiger partial charge in [-0.3, -0.25) is 10.1 Å². The molecule has 5 nitrogen and oxygen atoms in total. The zero-order valence-electron chi connectivity index (χ0n) is 8.06. The molecule has 7 heteroatoms. The summed E-state index contributed by atoms with van der Waals surface area (Å²) >= 11 is 3.04. The van der Waals surface area contributed by atoms with Crippen LogP contribution in [-0.2, 0) is 5.54 Å². The first-order chi connectivity index (χ1) is 7.47. The van der Waals surface area contributed by atoms with Crippen LogP contribution in [0.15, 0.2) is 22.7 Å². The van der Waals surface area contributed by atoms with Crippen molar-refractivity contribution < 1.29 is 19.5 Å². The number of benzene rings is 1. The number of nitro groups is 1. The molecular weight excluding hydrogens is 285 g/mol. The van der Waals surface area contributed by atoms with Crippen LogP contribution in [0.25, 0.3) is 0 Å². The molecule has 0 atom stereocenters. The Labute approximate surface area is 98.8 Å². The van der Waals surface area contributed by atoms with Crippen LogP contribution in [0.2, 0.25) is 0 Å². The molecule has 0 saturated heterocycles. The van der Waals surface area contributed by atoms with Crippen LogP contribution < -0.4 is 0 Å². The van der Waals surface area contributed by atoms with Crippen LogP contribution in [0.1, 0.15) is 5.56 Å². The molecule has 1 aromatic carbocycles. The normalized spacial score (nSPS) is 11.5. The maximum absolute atomic E-state index is 13.5. The number of aliphatic hydroxyl groups excluding tert-OH is 2. The van der Waals surface area contributed by atoms with Crippen molar-refractivity contribution >= 4 is 15.9 Å². The zero-order valence-corrected chi connectivity index (χ0v) is 9.65. The van der Waals surface area contributed by atoms with E-state index in [0.717, 1.165) is 6.07 Å². The lowest BCUT2D eigenvalue weighted by atomic mass is 9.92. The van der Waals surface area contributed by atoms with Gasteiger partial charge in [0.15, 0.2) is 0 Å². The highest BCUT2D eigenvalue weighted by Crippen LogP contribution is 2.29. The Kier molecular flexibility index (Phi) is 3.95. The topological polar surface area (TPSA) is 83.6 Å². The van der Waals surface area contributed by atoms with Gasteiger partial charge < -0.3 is 10.2 Å². The van der Waals surface area contributed by atoms with E-state index in [1.165, 1.54) is 12.1 Å². The Morgan fingerprint density at radius 1 is 1.44 bits per heavy atom. The van der Waals surface area contributed by atoms with Gasteiger partial charge in [0.2, 0.25) is 0 Å². The van der Waals surface area contributed by atoms with Crippen LogP contribution in [0.5, 0.6) is 0 Å². The van der Waals surface area contributed by atoms with E-state index in [-0.39, 0.29) is 5.56 Å². The summed E-state index contributed by atoms with van der Waals surface area (Å²) in [6, 6.07) is 3.58. The Balaban J connectivity index is 3.42. The molecule has 0 aromatic heterocycles. The van der Waals surface area contributed by atoms with Gasteiger partial charge in [-0.2, -0.15) is 0 Å². The minimum atomic E-state index is -2.21. The van der Waals surface area contributed by atoms with Crippen LogP contribution in [0.3, 0.4) is 0 Å². The second-order valence-corrected chi connectivity index (χ2v) is 4.14. The van der Waals surface area contributed by atoms with E-state index >= 15 is 0 Å². The molecule has 1 aromatic rings. The molecule has 0 unspecified atom stereocenters. The SMILES string of the molecule is O=[N+]([O-])C(CO)(CO)c1cc(Br)ccc1F. The fourth-order valence-electron chi connectivity index (χ4n) is 1.29. The Morgan fingerprint density at radius 3 is 2.44 bits per heavy atom. The molecule has 0 heterocycles. The van der Waals surface area contributed by atoms with Gasteiger partial charge in [-0.1, -0.05) is 15.9 Å².